The molecule has 7 heteroatoms. The van der Waals surface area contributed by atoms with E-state index >= 15 is 0 Å². The maximum Gasteiger partial charge on any atom is 0.229 e. The van der Waals surface area contributed by atoms with Crippen molar-refractivity contribution in [1.82, 2.24) is 20.2 Å². The lowest BCUT2D eigenvalue weighted by atomic mass is 10.2. The molecule has 130 valence electrons. The van der Waals surface area contributed by atoms with E-state index in [1.54, 1.807) is 0 Å². The second-order valence-electron chi connectivity index (χ2n) is 6.17. The van der Waals surface area contributed by atoms with E-state index < -0.39 is 0 Å². The van der Waals surface area contributed by atoms with Gasteiger partial charge in [0.25, 0.3) is 0 Å². The van der Waals surface area contributed by atoms with Gasteiger partial charge in [-0.25, -0.2) is 4.98 Å². The Kier molecular flexibility index (Phi) is 3.89. The van der Waals surface area contributed by atoms with Gasteiger partial charge in [0, 0.05) is 28.5 Å². The topological polar surface area (TPSA) is 105 Å². The van der Waals surface area contributed by atoms with Crippen LogP contribution in [0.3, 0.4) is 0 Å². The highest BCUT2D eigenvalue weighted by atomic mass is 15.2. The van der Waals surface area contributed by atoms with Crippen LogP contribution in [0, 0.1) is 13.8 Å². The van der Waals surface area contributed by atoms with Gasteiger partial charge < -0.3 is 16.4 Å². The van der Waals surface area contributed by atoms with Crippen LogP contribution < -0.4 is 16.4 Å². The quantitative estimate of drug-likeness (QED) is 0.416. The molecule has 0 saturated heterocycles. The van der Waals surface area contributed by atoms with E-state index in [4.69, 9.17) is 5.73 Å². The van der Waals surface area contributed by atoms with Crippen LogP contribution in [0.1, 0.15) is 11.3 Å². The number of nitrogens with one attached hydrogen (secondary N) is 3. The summed E-state index contributed by atoms with van der Waals surface area (Å²) in [5, 5.41) is 14.6. The van der Waals surface area contributed by atoms with Gasteiger partial charge in [0.1, 0.15) is 5.82 Å². The molecule has 0 aliphatic heterocycles. The molecule has 2 aromatic carbocycles. The van der Waals surface area contributed by atoms with Crippen LogP contribution in [0.4, 0.5) is 29.0 Å². The van der Waals surface area contributed by atoms with Crippen LogP contribution in [0.5, 0.6) is 0 Å². The summed E-state index contributed by atoms with van der Waals surface area (Å²) in [4.78, 5) is 9.24. The molecule has 0 saturated carbocycles. The fraction of sp³-hybridized carbons (Fsp3) is 0.105. The highest BCUT2D eigenvalue weighted by Gasteiger charge is 2.10. The summed E-state index contributed by atoms with van der Waals surface area (Å²) in [6.07, 6.45) is 0. The normalized spacial score (nSPS) is 10.8. The number of nitrogens with two attached hydrogens (primary N) is 1. The highest BCUT2D eigenvalue weighted by molar-refractivity contribution is 5.91. The maximum absolute atomic E-state index is 5.89. The first-order valence-corrected chi connectivity index (χ1v) is 8.27. The van der Waals surface area contributed by atoms with Crippen molar-refractivity contribution in [2.24, 2.45) is 0 Å². The van der Waals surface area contributed by atoms with E-state index in [-0.39, 0.29) is 0 Å². The number of nitrogen functional groups attached to an aromatic ring is 1. The molecule has 0 aliphatic carbocycles. The van der Waals surface area contributed by atoms with Crippen molar-refractivity contribution in [2.75, 3.05) is 16.4 Å². The van der Waals surface area contributed by atoms with Gasteiger partial charge in [-0.3, -0.25) is 5.10 Å². The molecular formula is C19H19N7. The number of H-pyrrole nitrogens is 1. The molecule has 26 heavy (non-hydrogen) atoms. The summed E-state index contributed by atoms with van der Waals surface area (Å²) in [7, 11) is 0. The van der Waals surface area contributed by atoms with Crippen molar-refractivity contribution in [3.63, 3.8) is 0 Å². The summed E-state index contributed by atoms with van der Waals surface area (Å²) in [5.41, 5.74) is 10.3. The van der Waals surface area contributed by atoms with Crippen molar-refractivity contribution in [3.8, 4) is 0 Å². The van der Waals surface area contributed by atoms with E-state index in [1.165, 1.54) is 0 Å². The van der Waals surface area contributed by atoms with Crippen LogP contribution in [-0.2, 0) is 0 Å². The minimum Gasteiger partial charge on any atom is -0.399 e. The molecule has 0 unspecified atom stereocenters. The third kappa shape index (κ3) is 3.14. The largest absolute Gasteiger partial charge is 0.399 e. The zero-order chi connectivity index (χ0) is 18.1. The number of hydrogen-bond acceptors (Lipinski definition) is 6. The molecule has 0 fully saturated rings. The van der Waals surface area contributed by atoms with E-state index in [0.717, 1.165) is 33.5 Å². The molecule has 4 aromatic rings. The molecule has 0 aliphatic rings. The number of aryl methyl sites for hydroxylation is 2. The first-order valence-electron chi connectivity index (χ1n) is 8.27. The van der Waals surface area contributed by atoms with Gasteiger partial charge in [0.05, 0.1) is 5.52 Å². The number of aromatic amines is 1. The van der Waals surface area contributed by atoms with Gasteiger partial charge in [-0.15, -0.1) is 0 Å². The van der Waals surface area contributed by atoms with Crippen molar-refractivity contribution in [1.29, 1.82) is 0 Å². The van der Waals surface area contributed by atoms with Gasteiger partial charge in [-0.1, -0.05) is 12.1 Å². The van der Waals surface area contributed by atoms with Gasteiger partial charge in [0.2, 0.25) is 5.95 Å². The zero-order valence-corrected chi connectivity index (χ0v) is 14.5. The van der Waals surface area contributed by atoms with Gasteiger partial charge in [0.15, 0.2) is 5.82 Å². The SMILES string of the molecule is Cc1cc(Nc2nc(Nc3ccc(N)c(C)c3)nc3ccccc23)n[nH]1. The zero-order valence-electron chi connectivity index (χ0n) is 14.5. The van der Waals surface area contributed by atoms with Crippen molar-refractivity contribution in [2.45, 2.75) is 13.8 Å². The molecule has 0 atom stereocenters. The number of anilines is 5. The number of rotatable bonds is 4. The monoisotopic (exact) mass is 345 g/mol. The summed E-state index contributed by atoms with van der Waals surface area (Å²) < 4.78 is 0. The smallest absolute Gasteiger partial charge is 0.229 e. The first-order chi connectivity index (χ1) is 12.6. The minimum absolute atomic E-state index is 0.502. The van der Waals surface area contributed by atoms with Crippen LogP contribution in [0.2, 0.25) is 0 Å². The number of nitrogens with zero attached hydrogens (tertiary/aromatic N) is 3. The summed E-state index contributed by atoms with van der Waals surface area (Å²) in [6.45, 7) is 3.92. The lowest BCUT2D eigenvalue weighted by Gasteiger charge is -2.11. The second kappa shape index (κ2) is 6.36. The fourth-order valence-corrected chi connectivity index (χ4v) is 2.71. The van der Waals surface area contributed by atoms with E-state index in [1.807, 2.05) is 62.4 Å². The Morgan fingerprint density at radius 1 is 0.962 bits per heavy atom. The van der Waals surface area contributed by atoms with Crippen LogP contribution in [0.15, 0.2) is 48.5 Å². The number of aromatic nitrogens is 4. The van der Waals surface area contributed by atoms with Crippen molar-refractivity contribution < 1.29 is 0 Å². The Hall–Kier alpha value is -3.61. The Labute approximate surface area is 150 Å². The van der Waals surface area contributed by atoms with E-state index in [9.17, 15) is 0 Å². The van der Waals surface area contributed by atoms with Gasteiger partial charge in [-0.05, 0) is 49.7 Å². The molecule has 0 amide bonds. The molecule has 7 nitrogen and oxygen atoms in total. The minimum atomic E-state index is 0.502. The van der Waals surface area contributed by atoms with E-state index in [0.29, 0.717) is 17.6 Å². The number of fused-ring (bicyclic) bond motifs is 1. The molecule has 2 aromatic heterocycles. The van der Waals surface area contributed by atoms with Crippen molar-refractivity contribution in [3.05, 3.63) is 59.8 Å². The Morgan fingerprint density at radius 2 is 1.81 bits per heavy atom. The second-order valence-corrected chi connectivity index (χ2v) is 6.17. The summed E-state index contributed by atoms with van der Waals surface area (Å²) >= 11 is 0. The lowest BCUT2D eigenvalue weighted by molar-refractivity contribution is 1.05. The maximum atomic E-state index is 5.89. The highest BCUT2D eigenvalue weighted by Crippen LogP contribution is 2.26. The molecule has 0 spiro atoms. The molecule has 4 rings (SSSR count). The van der Waals surface area contributed by atoms with Crippen molar-refractivity contribution >= 4 is 39.9 Å². The predicted octanol–water partition coefficient (Wildman–Crippen LogP) is 4.04. The fourth-order valence-electron chi connectivity index (χ4n) is 2.71. The number of benzene rings is 2. The molecule has 0 bridgehead atoms. The Balaban J connectivity index is 1.74. The number of para-hydroxylation sites is 1. The summed E-state index contributed by atoms with van der Waals surface area (Å²) in [5.74, 6) is 1.90. The van der Waals surface area contributed by atoms with Gasteiger partial charge >= 0.3 is 0 Å². The molecule has 5 N–H and O–H groups in total. The van der Waals surface area contributed by atoms with Gasteiger partial charge in [-0.2, -0.15) is 10.1 Å². The standard InChI is InChI=1S/C19H19N7/c1-11-9-13(7-8-15(11)20)21-19-22-16-6-4-3-5-14(16)18(24-19)23-17-10-12(2)25-26-17/h3-10H,20H2,1-2H3,(H3,21,22,23,24,25,26). The predicted molar refractivity (Wildman–Crippen MR) is 105 cm³/mol. The molecule has 0 radical (unpaired) electrons. The van der Waals surface area contributed by atoms with Crippen LogP contribution >= 0.6 is 0 Å². The van der Waals surface area contributed by atoms with E-state index in [2.05, 4.69) is 30.8 Å². The van der Waals surface area contributed by atoms with Crippen LogP contribution in [0.25, 0.3) is 10.9 Å². The molecule has 2 heterocycles. The Morgan fingerprint density at radius 3 is 2.58 bits per heavy atom. The Bertz CT molecular complexity index is 1080. The average molecular weight is 345 g/mol. The molecular weight excluding hydrogens is 326 g/mol. The lowest BCUT2D eigenvalue weighted by Crippen LogP contribution is -2.03. The van der Waals surface area contributed by atoms with Crippen LogP contribution in [-0.4, -0.2) is 20.2 Å². The average Bonchev–Trinajstić information content (AvgIpc) is 3.03. The number of hydrogen-bond donors (Lipinski definition) is 4. The third-order valence-corrected chi connectivity index (χ3v) is 4.08. The first kappa shape index (κ1) is 15.9. The third-order valence-electron chi connectivity index (χ3n) is 4.08. The summed E-state index contributed by atoms with van der Waals surface area (Å²) in [6, 6.07) is 15.5.